The molecule has 1 heterocycles. The van der Waals surface area contributed by atoms with E-state index in [1.165, 1.54) is 6.07 Å². The van der Waals surface area contributed by atoms with Gasteiger partial charge in [-0.2, -0.15) is 0 Å². The summed E-state index contributed by atoms with van der Waals surface area (Å²) in [6.07, 6.45) is 0.0990. The Labute approximate surface area is 169 Å². The average molecular weight is 425 g/mol. The fourth-order valence-corrected chi connectivity index (χ4v) is 4.03. The minimum Gasteiger partial charge on any atom is -0.497 e. The number of hydrogen-bond donors (Lipinski definition) is 1. The molecule has 0 unspecified atom stereocenters. The molecular weight excluding hydrogens is 404 g/mol. The minimum atomic E-state index is -3.61. The SMILES string of the molecule is COc1ccc([C@H](C)NC(=O)[C@@H]2CN(S(C)(=O)=O)c3cc(Cl)ccc3O2)cc1. The Morgan fingerprint density at radius 3 is 2.57 bits per heavy atom. The molecule has 0 fully saturated rings. The van der Waals surface area contributed by atoms with E-state index in [1.807, 2.05) is 19.1 Å². The van der Waals surface area contributed by atoms with Gasteiger partial charge in [0.05, 0.1) is 31.6 Å². The van der Waals surface area contributed by atoms with Crippen LogP contribution in [-0.2, 0) is 14.8 Å². The van der Waals surface area contributed by atoms with E-state index in [2.05, 4.69) is 5.32 Å². The molecular formula is C19H21ClN2O5S. The van der Waals surface area contributed by atoms with Crippen LogP contribution in [0.4, 0.5) is 5.69 Å². The molecule has 0 spiro atoms. The highest BCUT2D eigenvalue weighted by Gasteiger charge is 2.35. The number of fused-ring (bicyclic) bond motifs is 1. The Balaban J connectivity index is 1.79. The standard InChI is InChI=1S/C19H21ClN2O5S/c1-12(13-4-7-15(26-2)8-5-13)21-19(23)18-11-22(28(3,24)25)16-10-14(20)6-9-17(16)27-18/h4-10,12,18H,11H2,1-3H3,(H,21,23)/t12-,18-/m0/s1. The molecule has 0 aliphatic carbocycles. The van der Waals surface area contributed by atoms with E-state index in [4.69, 9.17) is 21.1 Å². The maximum absolute atomic E-state index is 12.7. The molecule has 1 N–H and O–H groups in total. The summed E-state index contributed by atoms with van der Waals surface area (Å²) in [5.41, 5.74) is 1.21. The Bertz CT molecular complexity index is 978. The predicted molar refractivity (Wildman–Crippen MR) is 108 cm³/mol. The number of halogens is 1. The zero-order valence-corrected chi connectivity index (χ0v) is 17.3. The van der Waals surface area contributed by atoms with Gasteiger partial charge in [-0.1, -0.05) is 23.7 Å². The third-order valence-electron chi connectivity index (χ3n) is 4.46. The van der Waals surface area contributed by atoms with Gasteiger partial charge in [-0.3, -0.25) is 9.10 Å². The first-order valence-electron chi connectivity index (χ1n) is 8.57. The molecule has 7 nitrogen and oxygen atoms in total. The molecule has 2 aromatic carbocycles. The normalized spacial score (nSPS) is 17.3. The summed E-state index contributed by atoms with van der Waals surface area (Å²) in [7, 11) is -2.03. The van der Waals surface area contributed by atoms with Gasteiger partial charge in [0.25, 0.3) is 5.91 Å². The molecule has 3 rings (SSSR count). The van der Waals surface area contributed by atoms with Gasteiger partial charge in [-0.25, -0.2) is 8.42 Å². The van der Waals surface area contributed by atoms with Crippen molar-refractivity contribution in [2.24, 2.45) is 0 Å². The zero-order chi connectivity index (χ0) is 20.5. The Morgan fingerprint density at radius 2 is 1.96 bits per heavy atom. The van der Waals surface area contributed by atoms with Crippen molar-refractivity contribution in [1.29, 1.82) is 0 Å². The van der Waals surface area contributed by atoms with E-state index < -0.39 is 22.0 Å². The second kappa shape index (κ2) is 7.89. The van der Waals surface area contributed by atoms with Crippen molar-refractivity contribution in [3.05, 3.63) is 53.1 Å². The highest BCUT2D eigenvalue weighted by Crippen LogP contribution is 2.37. The Hall–Kier alpha value is -2.45. The van der Waals surface area contributed by atoms with Crippen LogP contribution in [0.3, 0.4) is 0 Å². The molecule has 9 heteroatoms. The van der Waals surface area contributed by atoms with Crippen molar-refractivity contribution < 1.29 is 22.7 Å². The Morgan fingerprint density at radius 1 is 1.29 bits per heavy atom. The lowest BCUT2D eigenvalue weighted by Crippen LogP contribution is -2.50. The van der Waals surface area contributed by atoms with E-state index in [-0.39, 0.29) is 12.6 Å². The lowest BCUT2D eigenvalue weighted by molar-refractivity contribution is -0.128. The van der Waals surface area contributed by atoms with Crippen LogP contribution in [0.2, 0.25) is 5.02 Å². The van der Waals surface area contributed by atoms with E-state index in [9.17, 15) is 13.2 Å². The first kappa shape index (κ1) is 20.3. The fourth-order valence-electron chi connectivity index (χ4n) is 2.96. The van der Waals surface area contributed by atoms with E-state index >= 15 is 0 Å². The van der Waals surface area contributed by atoms with Gasteiger partial charge < -0.3 is 14.8 Å². The van der Waals surface area contributed by atoms with Crippen LogP contribution in [0.15, 0.2) is 42.5 Å². The minimum absolute atomic E-state index is 0.132. The smallest absolute Gasteiger partial charge is 0.263 e. The van der Waals surface area contributed by atoms with Crippen molar-refractivity contribution in [1.82, 2.24) is 5.32 Å². The number of hydrogen-bond acceptors (Lipinski definition) is 5. The number of nitrogens with one attached hydrogen (secondary N) is 1. The maximum atomic E-state index is 12.7. The monoisotopic (exact) mass is 424 g/mol. The average Bonchev–Trinajstić information content (AvgIpc) is 2.66. The van der Waals surface area contributed by atoms with Gasteiger partial charge in [0.1, 0.15) is 11.5 Å². The van der Waals surface area contributed by atoms with Crippen LogP contribution < -0.4 is 19.1 Å². The van der Waals surface area contributed by atoms with Gasteiger partial charge in [0, 0.05) is 5.02 Å². The van der Waals surface area contributed by atoms with Crippen LogP contribution in [0.5, 0.6) is 11.5 Å². The third kappa shape index (κ3) is 4.34. The van der Waals surface area contributed by atoms with Crippen molar-refractivity contribution in [2.45, 2.75) is 19.1 Å². The fraction of sp³-hybridized carbons (Fsp3) is 0.316. The lowest BCUT2D eigenvalue weighted by Gasteiger charge is -2.34. The highest BCUT2D eigenvalue weighted by molar-refractivity contribution is 7.92. The number of sulfonamides is 1. The molecule has 2 atom stereocenters. The zero-order valence-electron chi connectivity index (χ0n) is 15.7. The number of benzene rings is 2. The van der Waals surface area contributed by atoms with Crippen molar-refractivity contribution in [2.75, 3.05) is 24.2 Å². The van der Waals surface area contributed by atoms with Crippen molar-refractivity contribution in [3.63, 3.8) is 0 Å². The van der Waals surface area contributed by atoms with Gasteiger partial charge in [-0.15, -0.1) is 0 Å². The van der Waals surface area contributed by atoms with Crippen LogP contribution in [0.1, 0.15) is 18.5 Å². The maximum Gasteiger partial charge on any atom is 0.263 e. The quantitative estimate of drug-likeness (QED) is 0.797. The van der Waals surface area contributed by atoms with Gasteiger partial charge in [-0.05, 0) is 42.8 Å². The molecule has 28 heavy (non-hydrogen) atoms. The number of rotatable bonds is 5. The second-order valence-corrected chi connectivity index (χ2v) is 8.86. The topological polar surface area (TPSA) is 84.9 Å². The molecule has 1 aliphatic rings. The van der Waals surface area contributed by atoms with E-state index in [0.29, 0.717) is 16.5 Å². The summed E-state index contributed by atoms with van der Waals surface area (Å²) in [5, 5.41) is 3.25. The number of carbonyl (C=O) groups excluding carboxylic acids is 1. The van der Waals surface area contributed by atoms with Gasteiger partial charge >= 0.3 is 0 Å². The molecule has 0 saturated carbocycles. The van der Waals surface area contributed by atoms with E-state index in [1.54, 1.807) is 31.4 Å². The molecule has 1 aliphatic heterocycles. The summed E-state index contributed by atoms with van der Waals surface area (Å²) in [6, 6.07) is 11.7. The second-order valence-electron chi connectivity index (χ2n) is 6.52. The molecule has 1 amide bonds. The molecule has 0 bridgehead atoms. The lowest BCUT2D eigenvalue weighted by atomic mass is 10.1. The number of anilines is 1. The third-order valence-corrected chi connectivity index (χ3v) is 5.84. The summed E-state index contributed by atoms with van der Waals surface area (Å²) < 4.78 is 36.5. The molecule has 0 aromatic heterocycles. The first-order chi connectivity index (χ1) is 13.2. The van der Waals surface area contributed by atoms with Gasteiger partial charge in [0.2, 0.25) is 10.0 Å². The summed E-state index contributed by atoms with van der Waals surface area (Å²) >= 11 is 5.98. The van der Waals surface area contributed by atoms with Crippen LogP contribution >= 0.6 is 11.6 Å². The van der Waals surface area contributed by atoms with Crippen LogP contribution in [-0.4, -0.2) is 40.3 Å². The summed E-state index contributed by atoms with van der Waals surface area (Å²) in [4.78, 5) is 12.7. The van der Waals surface area contributed by atoms with E-state index in [0.717, 1.165) is 21.9 Å². The van der Waals surface area contributed by atoms with Crippen LogP contribution in [0, 0.1) is 0 Å². The number of carbonyl (C=O) groups is 1. The number of ether oxygens (including phenoxy) is 2. The predicted octanol–water partition coefficient (Wildman–Crippen LogP) is 2.75. The first-order valence-corrected chi connectivity index (χ1v) is 10.8. The summed E-state index contributed by atoms with van der Waals surface area (Å²) in [6.45, 7) is 1.71. The largest absolute Gasteiger partial charge is 0.497 e. The van der Waals surface area contributed by atoms with Gasteiger partial charge in [0.15, 0.2) is 6.10 Å². The number of amides is 1. The molecule has 2 aromatic rings. The Kier molecular flexibility index (Phi) is 5.71. The molecule has 0 saturated heterocycles. The molecule has 0 radical (unpaired) electrons. The van der Waals surface area contributed by atoms with Crippen molar-refractivity contribution >= 4 is 33.2 Å². The van der Waals surface area contributed by atoms with Crippen LogP contribution in [0.25, 0.3) is 0 Å². The number of methoxy groups -OCH3 is 1. The number of nitrogens with zero attached hydrogens (tertiary/aromatic N) is 1. The molecule has 150 valence electrons. The highest BCUT2D eigenvalue weighted by atomic mass is 35.5. The summed E-state index contributed by atoms with van der Waals surface area (Å²) in [5.74, 6) is 0.604. The van der Waals surface area contributed by atoms with Crippen molar-refractivity contribution in [3.8, 4) is 11.5 Å².